The van der Waals surface area contributed by atoms with Crippen molar-refractivity contribution < 1.29 is 9.59 Å². The summed E-state index contributed by atoms with van der Waals surface area (Å²) in [7, 11) is 0. The Morgan fingerprint density at radius 1 is 1.50 bits per heavy atom. The largest absolute Gasteiger partial charge is 0.290 e. The fourth-order valence-electron chi connectivity index (χ4n) is 0.509. The summed E-state index contributed by atoms with van der Waals surface area (Å²) in [6.45, 7) is 0.477. The number of rotatable bonds is 0. The van der Waals surface area contributed by atoms with Gasteiger partial charge in [0.15, 0.2) is 0 Å². The van der Waals surface area contributed by atoms with E-state index in [1.807, 2.05) is 0 Å². The number of hydrogen-bond acceptors (Lipinski definition) is 3. The van der Waals surface area contributed by atoms with Crippen molar-refractivity contribution in [2.24, 2.45) is 4.99 Å². The molecule has 0 N–H and O–H groups in total. The molecule has 0 unspecified atom stereocenters. The third-order valence-electron chi connectivity index (χ3n) is 0.951. The Balaban J connectivity index is 2.75. The molecule has 42 valence electrons. The van der Waals surface area contributed by atoms with Crippen LogP contribution in [0.1, 0.15) is 6.42 Å². The smallest absolute Gasteiger partial charge is 0.239 e. The zero-order valence-corrected chi connectivity index (χ0v) is 4.26. The fourth-order valence-corrected chi connectivity index (χ4v) is 0.509. The predicted molar refractivity (Wildman–Crippen MR) is 28.0 cm³/mol. The van der Waals surface area contributed by atoms with Crippen LogP contribution in [0.3, 0.4) is 0 Å². The van der Waals surface area contributed by atoms with Gasteiger partial charge < -0.3 is 0 Å². The molecular formula is C5H5NO2. The molecule has 0 saturated carbocycles. The Kier molecular flexibility index (Phi) is 1.20. The van der Waals surface area contributed by atoms with E-state index >= 15 is 0 Å². The molecule has 0 aliphatic carbocycles. The zero-order chi connectivity index (χ0) is 5.98. The first-order valence-electron chi connectivity index (χ1n) is 2.37. The standard InChI is InChI=1S/C5H5NO2/c7-4-1-2-6-3-5(4)8/h3H,1-2H2. The summed E-state index contributed by atoms with van der Waals surface area (Å²) in [5.74, 6) is -0.781. The van der Waals surface area contributed by atoms with Crippen LogP contribution in [-0.4, -0.2) is 24.3 Å². The molecule has 0 radical (unpaired) electrons. The van der Waals surface area contributed by atoms with Crippen LogP contribution in [-0.2, 0) is 9.59 Å². The van der Waals surface area contributed by atoms with Crippen molar-refractivity contribution in [3.8, 4) is 0 Å². The highest BCUT2D eigenvalue weighted by molar-refractivity contribution is 6.59. The number of Topliss-reactive ketones (excluding diaryl/α,β-unsaturated/α-hetero) is 2. The summed E-state index contributed by atoms with van der Waals surface area (Å²) in [6, 6.07) is 0. The van der Waals surface area contributed by atoms with E-state index in [9.17, 15) is 9.59 Å². The van der Waals surface area contributed by atoms with E-state index in [0.717, 1.165) is 6.21 Å². The summed E-state index contributed by atoms with van der Waals surface area (Å²) < 4.78 is 0. The van der Waals surface area contributed by atoms with Crippen molar-refractivity contribution >= 4 is 17.8 Å². The number of carbonyl (C=O) groups excluding carboxylic acids is 2. The van der Waals surface area contributed by atoms with Gasteiger partial charge in [-0.1, -0.05) is 0 Å². The quantitative estimate of drug-likeness (QED) is 0.399. The highest BCUT2D eigenvalue weighted by atomic mass is 16.2. The SMILES string of the molecule is O=C1C=NCCC1=O. The third-order valence-corrected chi connectivity index (χ3v) is 0.951. The molecule has 3 nitrogen and oxygen atoms in total. The van der Waals surface area contributed by atoms with Crippen molar-refractivity contribution in [3.05, 3.63) is 0 Å². The molecule has 0 aromatic rings. The topological polar surface area (TPSA) is 46.5 Å². The van der Waals surface area contributed by atoms with Gasteiger partial charge in [-0.2, -0.15) is 0 Å². The average molecular weight is 111 g/mol. The minimum Gasteiger partial charge on any atom is -0.290 e. The minimum absolute atomic E-state index is 0.287. The maximum atomic E-state index is 10.4. The van der Waals surface area contributed by atoms with Gasteiger partial charge in [0.1, 0.15) is 0 Å². The number of aliphatic imine (C=N–C) groups is 1. The zero-order valence-electron chi connectivity index (χ0n) is 4.26. The number of nitrogens with zero attached hydrogens (tertiary/aromatic N) is 1. The second-order valence-corrected chi connectivity index (χ2v) is 1.57. The molecule has 0 saturated heterocycles. The van der Waals surface area contributed by atoms with Crippen molar-refractivity contribution in [2.75, 3.05) is 6.54 Å². The van der Waals surface area contributed by atoms with E-state index in [-0.39, 0.29) is 12.2 Å². The molecule has 0 fully saturated rings. The second kappa shape index (κ2) is 1.86. The highest BCUT2D eigenvalue weighted by Gasteiger charge is 2.12. The lowest BCUT2D eigenvalue weighted by Crippen LogP contribution is -2.19. The number of hydrogen-bond donors (Lipinski definition) is 0. The van der Waals surface area contributed by atoms with Gasteiger partial charge in [0.05, 0.1) is 6.21 Å². The van der Waals surface area contributed by atoms with Gasteiger partial charge in [-0.15, -0.1) is 0 Å². The second-order valence-electron chi connectivity index (χ2n) is 1.57. The van der Waals surface area contributed by atoms with Gasteiger partial charge >= 0.3 is 0 Å². The van der Waals surface area contributed by atoms with Crippen molar-refractivity contribution in [1.29, 1.82) is 0 Å². The van der Waals surface area contributed by atoms with E-state index in [1.165, 1.54) is 0 Å². The lowest BCUT2D eigenvalue weighted by molar-refractivity contribution is -0.132. The monoisotopic (exact) mass is 111 g/mol. The maximum Gasteiger partial charge on any atom is 0.239 e. The van der Waals surface area contributed by atoms with Crippen LogP contribution in [0.5, 0.6) is 0 Å². The molecule has 0 spiro atoms. The van der Waals surface area contributed by atoms with Crippen LogP contribution in [0.4, 0.5) is 0 Å². The molecule has 1 heterocycles. The summed E-state index contributed by atoms with van der Waals surface area (Å²) in [6.07, 6.45) is 1.38. The van der Waals surface area contributed by atoms with Crippen LogP contribution < -0.4 is 0 Å². The van der Waals surface area contributed by atoms with E-state index < -0.39 is 5.78 Å². The first-order chi connectivity index (χ1) is 3.80. The van der Waals surface area contributed by atoms with Crippen LogP contribution in [0.2, 0.25) is 0 Å². The first-order valence-corrected chi connectivity index (χ1v) is 2.37. The van der Waals surface area contributed by atoms with Gasteiger partial charge in [-0.25, -0.2) is 0 Å². The Morgan fingerprint density at radius 3 is 2.62 bits per heavy atom. The molecule has 3 heteroatoms. The van der Waals surface area contributed by atoms with Gasteiger partial charge in [0, 0.05) is 13.0 Å². The molecule has 0 amide bonds. The van der Waals surface area contributed by atoms with Crippen LogP contribution in [0.25, 0.3) is 0 Å². The number of carbonyl (C=O) groups is 2. The van der Waals surface area contributed by atoms with E-state index in [1.54, 1.807) is 0 Å². The van der Waals surface area contributed by atoms with Crippen LogP contribution in [0.15, 0.2) is 4.99 Å². The molecule has 1 rings (SSSR count). The van der Waals surface area contributed by atoms with Crippen LogP contribution >= 0.6 is 0 Å². The molecular weight excluding hydrogens is 106 g/mol. The van der Waals surface area contributed by atoms with Gasteiger partial charge in [-0.3, -0.25) is 14.6 Å². The van der Waals surface area contributed by atoms with Crippen LogP contribution in [0, 0.1) is 0 Å². The van der Waals surface area contributed by atoms with E-state index in [2.05, 4.69) is 4.99 Å². The molecule has 0 aromatic carbocycles. The minimum atomic E-state index is -0.462. The fraction of sp³-hybridized carbons (Fsp3) is 0.400. The highest BCUT2D eigenvalue weighted by Crippen LogP contribution is 1.90. The molecule has 1 aliphatic heterocycles. The van der Waals surface area contributed by atoms with E-state index in [4.69, 9.17) is 0 Å². The summed E-state index contributed by atoms with van der Waals surface area (Å²) in [5, 5.41) is 0. The molecule has 8 heavy (non-hydrogen) atoms. The summed E-state index contributed by atoms with van der Waals surface area (Å²) in [4.78, 5) is 24.3. The molecule has 0 atom stereocenters. The third kappa shape index (κ3) is 0.804. The van der Waals surface area contributed by atoms with E-state index in [0.29, 0.717) is 6.54 Å². The molecule has 1 aliphatic rings. The Hall–Kier alpha value is -0.990. The van der Waals surface area contributed by atoms with Gasteiger partial charge in [0.25, 0.3) is 0 Å². The number of ketones is 2. The Bertz CT molecular complexity index is 160. The maximum absolute atomic E-state index is 10.4. The van der Waals surface area contributed by atoms with Gasteiger partial charge in [0.2, 0.25) is 11.6 Å². The molecule has 0 bridgehead atoms. The van der Waals surface area contributed by atoms with Crippen molar-refractivity contribution in [1.82, 2.24) is 0 Å². The average Bonchev–Trinajstić information content (AvgIpc) is 1.77. The lowest BCUT2D eigenvalue weighted by Gasteiger charge is -1.96. The summed E-state index contributed by atoms with van der Waals surface area (Å²) >= 11 is 0. The lowest BCUT2D eigenvalue weighted by atomic mass is 10.2. The summed E-state index contributed by atoms with van der Waals surface area (Å²) in [5.41, 5.74) is 0. The Labute approximate surface area is 46.4 Å². The first kappa shape index (κ1) is 5.15. The van der Waals surface area contributed by atoms with Crippen molar-refractivity contribution in [3.63, 3.8) is 0 Å². The van der Waals surface area contributed by atoms with Gasteiger partial charge in [-0.05, 0) is 0 Å². The normalized spacial score (nSPS) is 19.5. The molecule has 0 aromatic heterocycles. The Morgan fingerprint density at radius 2 is 2.25 bits per heavy atom. The van der Waals surface area contributed by atoms with Crippen molar-refractivity contribution in [2.45, 2.75) is 6.42 Å². The predicted octanol–water partition coefficient (Wildman–Crippen LogP) is -0.401.